The van der Waals surface area contributed by atoms with Crippen molar-refractivity contribution in [1.29, 1.82) is 0 Å². The number of hydrogen-bond donors (Lipinski definition) is 1. The summed E-state index contributed by atoms with van der Waals surface area (Å²) in [4.78, 5) is 15.7. The third-order valence-corrected chi connectivity index (χ3v) is 3.55. The Morgan fingerprint density at radius 2 is 2.00 bits per heavy atom. The number of aryl methyl sites for hydroxylation is 1. The first kappa shape index (κ1) is 11.8. The van der Waals surface area contributed by atoms with Gasteiger partial charge >= 0.3 is 0 Å². The normalized spacial score (nSPS) is 11.3. The van der Waals surface area contributed by atoms with E-state index in [4.69, 9.17) is 0 Å². The van der Waals surface area contributed by atoms with Crippen LogP contribution in [0.15, 0.2) is 48.5 Å². The molecule has 21 heavy (non-hydrogen) atoms. The molecule has 5 nitrogen and oxygen atoms in total. The molecule has 4 aromatic rings. The second-order valence-corrected chi connectivity index (χ2v) is 5.07. The van der Waals surface area contributed by atoms with E-state index in [1.807, 2.05) is 55.5 Å². The average molecular weight is 276 g/mol. The predicted octanol–water partition coefficient (Wildman–Crippen LogP) is 2.91. The first-order valence-electron chi connectivity index (χ1n) is 6.67. The maximum absolute atomic E-state index is 12.6. The number of nitrogens with one attached hydrogen (secondary N) is 1. The third kappa shape index (κ3) is 1.82. The summed E-state index contributed by atoms with van der Waals surface area (Å²) in [7, 11) is 0. The Morgan fingerprint density at radius 1 is 1.14 bits per heavy atom. The summed E-state index contributed by atoms with van der Waals surface area (Å²) in [5.74, 6) is -0.211. The lowest BCUT2D eigenvalue weighted by Gasteiger charge is -1.97. The van der Waals surface area contributed by atoms with Crippen molar-refractivity contribution in [2.45, 2.75) is 6.92 Å². The molecular weight excluding hydrogens is 264 g/mol. The van der Waals surface area contributed by atoms with E-state index in [2.05, 4.69) is 15.3 Å². The maximum atomic E-state index is 12.6. The Morgan fingerprint density at radius 3 is 2.90 bits per heavy atom. The van der Waals surface area contributed by atoms with Crippen molar-refractivity contribution in [2.75, 3.05) is 0 Å². The second kappa shape index (κ2) is 4.28. The van der Waals surface area contributed by atoms with Crippen molar-refractivity contribution in [2.24, 2.45) is 0 Å². The average Bonchev–Trinajstić information content (AvgIpc) is 3.09. The van der Waals surface area contributed by atoms with Crippen LogP contribution in [0.4, 0.5) is 0 Å². The van der Waals surface area contributed by atoms with Gasteiger partial charge in [0.2, 0.25) is 0 Å². The van der Waals surface area contributed by atoms with E-state index in [1.54, 1.807) is 0 Å². The minimum atomic E-state index is -0.211. The SMILES string of the molecule is Cc1ccc2[nH]c(C(=O)n3nnc4ccccc43)cc2c1. The predicted molar refractivity (Wildman–Crippen MR) is 80.3 cm³/mol. The molecule has 4 rings (SSSR count). The van der Waals surface area contributed by atoms with Crippen LogP contribution in [0.2, 0.25) is 0 Å². The van der Waals surface area contributed by atoms with Crippen LogP contribution in [-0.4, -0.2) is 25.9 Å². The minimum Gasteiger partial charge on any atom is -0.350 e. The van der Waals surface area contributed by atoms with Gasteiger partial charge in [-0.1, -0.05) is 29.0 Å². The summed E-state index contributed by atoms with van der Waals surface area (Å²) in [5, 5.41) is 8.98. The molecule has 0 spiro atoms. The molecule has 0 radical (unpaired) electrons. The Labute approximate surface area is 120 Å². The lowest BCUT2D eigenvalue weighted by Crippen LogP contribution is -2.13. The van der Waals surface area contributed by atoms with Gasteiger partial charge in [-0.3, -0.25) is 4.79 Å². The lowest BCUT2D eigenvalue weighted by atomic mass is 10.2. The van der Waals surface area contributed by atoms with Crippen LogP contribution in [0.1, 0.15) is 16.1 Å². The topological polar surface area (TPSA) is 63.6 Å². The number of hydrogen-bond acceptors (Lipinski definition) is 3. The zero-order valence-electron chi connectivity index (χ0n) is 11.4. The number of carbonyl (C=O) groups is 1. The molecule has 2 aromatic carbocycles. The zero-order valence-corrected chi connectivity index (χ0v) is 11.4. The molecule has 0 amide bonds. The highest BCUT2D eigenvalue weighted by Crippen LogP contribution is 2.19. The van der Waals surface area contributed by atoms with Crippen LogP contribution in [0, 0.1) is 6.92 Å². The van der Waals surface area contributed by atoms with Crippen molar-refractivity contribution >= 4 is 27.8 Å². The van der Waals surface area contributed by atoms with E-state index < -0.39 is 0 Å². The number of rotatable bonds is 1. The smallest absolute Gasteiger partial charge is 0.296 e. The van der Waals surface area contributed by atoms with Crippen molar-refractivity contribution in [3.8, 4) is 0 Å². The summed E-state index contributed by atoms with van der Waals surface area (Å²) in [5.41, 5.74) is 4.02. The number of benzene rings is 2. The Balaban J connectivity index is 1.86. The van der Waals surface area contributed by atoms with Crippen molar-refractivity contribution in [3.63, 3.8) is 0 Å². The van der Waals surface area contributed by atoms with Gasteiger partial charge in [-0.25, -0.2) is 0 Å². The lowest BCUT2D eigenvalue weighted by molar-refractivity contribution is 0.0944. The number of carbonyl (C=O) groups excluding carboxylic acids is 1. The molecule has 0 aliphatic rings. The fraction of sp³-hybridized carbons (Fsp3) is 0.0625. The van der Waals surface area contributed by atoms with E-state index in [0.717, 1.165) is 16.5 Å². The monoisotopic (exact) mass is 276 g/mol. The minimum absolute atomic E-state index is 0.211. The van der Waals surface area contributed by atoms with Gasteiger partial charge in [0.25, 0.3) is 5.91 Å². The summed E-state index contributed by atoms with van der Waals surface area (Å²) in [6, 6.07) is 15.3. The van der Waals surface area contributed by atoms with Gasteiger partial charge in [-0.2, -0.15) is 4.68 Å². The molecule has 102 valence electrons. The van der Waals surface area contributed by atoms with E-state index in [-0.39, 0.29) is 5.91 Å². The third-order valence-electron chi connectivity index (χ3n) is 3.55. The molecule has 2 aromatic heterocycles. The summed E-state index contributed by atoms with van der Waals surface area (Å²) in [6.45, 7) is 2.03. The van der Waals surface area contributed by atoms with Gasteiger partial charge in [-0.15, -0.1) is 5.10 Å². The number of para-hydroxylation sites is 1. The van der Waals surface area contributed by atoms with Gasteiger partial charge in [0.05, 0.1) is 5.52 Å². The van der Waals surface area contributed by atoms with Crippen LogP contribution in [0.25, 0.3) is 21.9 Å². The van der Waals surface area contributed by atoms with Crippen LogP contribution in [-0.2, 0) is 0 Å². The molecule has 0 atom stereocenters. The molecule has 5 heteroatoms. The molecule has 2 heterocycles. The maximum Gasteiger partial charge on any atom is 0.296 e. The quantitative estimate of drug-likeness (QED) is 0.581. The van der Waals surface area contributed by atoms with E-state index in [0.29, 0.717) is 16.7 Å². The number of aromatic amines is 1. The molecule has 0 bridgehead atoms. The van der Waals surface area contributed by atoms with Crippen LogP contribution < -0.4 is 0 Å². The van der Waals surface area contributed by atoms with Crippen molar-refractivity contribution in [1.82, 2.24) is 20.0 Å². The number of nitrogens with zero attached hydrogens (tertiary/aromatic N) is 3. The van der Waals surface area contributed by atoms with Crippen LogP contribution in [0.5, 0.6) is 0 Å². The standard InChI is InChI=1S/C16H12N4O/c1-10-6-7-12-11(8-10)9-14(17-12)16(21)20-15-5-3-2-4-13(15)18-19-20/h2-9,17H,1H3. The molecule has 0 aliphatic carbocycles. The van der Waals surface area contributed by atoms with E-state index in [9.17, 15) is 4.79 Å². The highest BCUT2D eigenvalue weighted by Gasteiger charge is 2.16. The fourth-order valence-electron chi connectivity index (χ4n) is 2.50. The largest absolute Gasteiger partial charge is 0.350 e. The number of H-pyrrole nitrogens is 1. The number of fused-ring (bicyclic) bond motifs is 2. The first-order chi connectivity index (χ1) is 10.2. The zero-order chi connectivity index (χ0) is 14.4. The fourth-order valence-corrected chi connectivity index (χ4v) is 2.50. The summed E-state index contributed by atoms with van der Waals surface area (Å²) < 4.78 is 1.33. The van der Waals surface area contributed by atoms with Crippen LogP contribution in [0.3, 0.4) is 0 Å². The Hall–Kier alpha value is -2.95. The van der Waals surface area contributed by atoms with Gasteiger partial charge in [0.15, 0.2) is 0 Å². The van der Waals surface area contributed by atoms with Gasteiger partial charge in [-0.05, 0) is 37.3 Å². The Kier molecular flexibility index (Phi) is 2.41. The van der Waals surface area contributed by atoms with E-state index in [1.165, 1.54) is 4.68 Å². The molecule has 0 unspecified atom stereocenters. The van der Waals surface area contributed by atoms with Gasteiger partial charge in [0, 0.05) is 10.9 Å². The molecule has 1 N–H and O–H groups in total. The van der Waals surface area contributed by atoms with Gasteiger partial charge < -0.3 is 4.98 Å². The summed E-state index contributed by atoms with van der Waals surface area (Å²) >= 11 is 0. The highest BCUT2D eigenvalue weighted by atomic mass is 16.2. The van der Waals surface area contributed by atoms with Gasteiger partial charge in [0.1, 0.15) is 11.2 Å². The molecule has 0 saturated heterocycles. The first-order valence-corrected chi connectivity index (χ1v) is 6.67. The Bertz CT molecular complexity index is 980. The van der Waals surface area contributed by atoms with Crippen molar-refractivity contribution < 1.29 is 4.79 Å². The number of aromatic nitrogens is 4. The molecule has 0 saturated carbocycles. The highest BCUT2D eigenvalue weighted by molar-refractivity contribution is 6.02. The van der Waals surface area contributed by atoms with E-state index >= 15 is 0 Å². The summed E-state index contributed by atoms with van der Waals surface area (Å²) in [6.07, 6.45) is 0. The van der Waals surface area contributed by atoms with Crippen molar-refractivity contribution in [3.05, 3.63) is 59.8 Å². The second-order valence-electron chi connectivity index (χ2n) is 5.07. The molecule has 0 aliphatic heterocycles. The molecular formula is C16H12N4O. The van der Waals surface area contributed by atoms with Crippen LogP contribution >= 0.6 is 0 Å². The molecule has 0 fully saturated rings.